The van der Waals surface area contributed by atoms with Crippen molar-refractivity contribution in [2.24, 2.45) is 0 Å². The number of hydrogen-bond donors (Lipinski definition) is 0. The Kier molecular flexibility index (Phi) is 4.59. The predicted molar refractivity (Wildman–Crippen MR) is 79.3 cm³/mol. The maximum absolute atomic E-state index is 11.0. The molecule has 8 heteroatoms. The van der Waals surface area contributed by atoms with Crippen LogP contribution in [0, 0.1) is 17.0 Å². The average molecular weight is 328 g/mol. The second-order valence-corrected chi connectivity index (χ2v) is 4.98. The smallest absolute Gasteiger partial charge is 0.311 e. The fourth-order valence-corrected chi connectivity index (χ4v) is 1.93. The van der Waals surface area contributed by atoms with Crippen LogP contribution in [0.4, 0.5) is 5.69 Å². The average Bonchev–Trinajstić information content (AvgIpc) is 2.43. The van der Waals surface area contributed by atoms with Crippen LogP contribution < -0.4 is 4.74 Å². The third-order valence-corrected chi connectivity index (χ3v) is 3.33. The van der Waals surface area contributed by atoms with Gasteiger partial charge in [0.15, 0.2) is 0 Å². The molecule has 21 heavy (non-hydrogen) atoms. The van der Waals surface area contributed by atoms with Gasteiger partial charge >= 0.3 is 5.69 Å². The number of halogens is 2. The largest absolute Gasteiger partial charge is 0.431 e. The molecule has 0 atom stereocenters. The Morgan fingerprint density at radius 1 is 1.33 bits per heavy atom. The molecule has 0 aliphatic carbocycles. The van der Waals surface area contributed by atoms with Crippen LogP contribution in [0.25, 0.3) is 0 Å². The lowest BCUT2D eigenvalue weighted by atomic mass is 10.3. The van der Waals surface area contributed by atoms with Crippen molar-refractivity contribution in [3.8, 4) is 11.6 Å². The fraction of sp³-hybridized carbons (Fsp3) is 0.231. The minimum Gasteiger partial charge on any atom is -0.431 e. The fourth-order valence-electron chi connectivity index (χ4n) is 1.59. The summed E-state index contributed by atoms with van der Waals surface area (Å²) in [5.41, 5.74) is 0.301. The Balaban J connectivity index is 2.49. The molecule has 0 radical (unpaired) electrons. The normalized spacial score (nSPS) is 10.5. The van der Waals surface area contributed by atoms with E-state index >= 15 is 0 Å². The van der Waals surface area contributed by atoms with Gasteiger partial charge in [-0.15, -0.1) is 0 Å². The van der Waals surface area contributed by atoms with E-state index in [0.29, 0.717) is 22.8 Å². The molecule has 0 unspecified atom stereocenters. The van der Waals surface area contributed by atoms with Crippen LogP contribution in [0.1, 0.15) is 18.3 Å². The molecule has 0 aliphatic rings. The third kappa shape index (κ3) is 3.40. The molecule has 0 fully saturated rings. The second-order valence-electron chi connectivity index (χ2n) is 4.19. The summed E-state index contributed by atoms with van der Waals surface area (Å²) in [6.45, 7) is 3.54. The minimum atomic E-state index is -0.551. The Morgan fingerprint density at radius 3 is 2.67 bits per heavy atom. The zero-order valence-corrected chi connectivity index (χ0v) is 12.8. The highest BCUT2D eigenvalue weighted by molar-refractivity contribution is 6.31. The van der Waals surface area contributed by atoms with E-state index in [2.05, 4.69) is 9.97 Å². The maximum atomic E-state index is 11.0. The first kappa shape index (κ1) is 15.5. The first-order valence-electron chi connectivity index (χ1n) is 6.07. The molecule has 0 saturated carbocycles. The van der Waals surface area contributed by atoms with Gasteiger partial charge in [0.25, 0.3) is 0 Å². The molecule has 6 nitrogen and oxygen atoms in total. The summed E-state index contributed by atoms with van der Waals surface area (Å²) in [6, 6.07) is 4.06. The van der Waals surface area contributed by atoms with E-state index < -0.39 is 4.92 Å². The third-order valence-electron chi connectivity index (χ3n) is 2.73. The molecule has 0 aliphatic heterocycles. The maximum Gasteiger partial charge on any atom is 0.311 e. The monoisotopic (exact) mass is 327 g/mol. The molecule has 110 valence electrons. The van der Waals surface area contributed by atoms with Gasteiger partial charge in [-0.25, -0.2) is 4.98 Å². The lowest BCUT2D eigenvalue weighted by Crippen LogP contribution is -2.01. The zero-order chi connectivity index (χ0) is 15.6. The number of nitro groups is 1. The summed E-state index contributed by atoms with van der Waals surface area (Å²) in [6.07, 6.45) is 0.563. The number of ether oxygens (including phenoxy) is 1. The van der Waals surface area contributed by atoms with Crippen molar-refractivity contribution < 1.29 is 9.66 Å². The Hall–Kier alpha value is -1.92. The van der Waals surface area contributed by atoms with Gasteiger partial charge in [0.05, 0.1) is 4.92 Å². The van der Waals surface area contributed by atoms with Crippen LogP contribution in [0.5, 0.6) is 11.6 Å². The van der Waals surface area contributed by atoms with Crippen molar-refractivity contribution in [2.75, 3.05) is 0 Å². The summed E-state index contributed by atoms with van der Waals surface area (Å²) in [5, 5.41) is 11.6. The van der Waals surface area contributed by atoms with Crippen molar-refractivity contribution >= 4 is 28.9 Å². The molecule has 2 aromatic rings. The molecular weight excluding hydrogens is 317 g/mol. The number of nitrogens with zero attached hydrogens (tertiary/aromatic N) is 3. The lowest BCUT2D eigenvalue weighted by Gasteiger charge is -2.10. The van der Waals surface area contributed by atoms with Crippen molar-refractivity contribution in [1.29, 1.82) is 0 Å². The number of rotatable bonds is 4. The number of aryl methyl sites for hydroxylation is 1. The summed E-state index contributed by atoms with van der Waals surface area (Å²) < 4.78 is 5.54. The highest BCUT2D eigenvalue weighted by atomic mass is 35.5. The van der Waals surface area contributed by atoms with E-state index in [0.717, 1.165) is 0 Å². The first-order valence-corrected chi connectivity index (χ1v) is 6.82. The summed E-state index contributed by atoms with van der Waals surface area (Å²) >= 11 is 11.9. The predicted octanol–water partition coefficient (Wildman–Crippen LogP) is 4.35. The summed E-state index contributed by atoms with van der Waals surface area (Å²) in [7, 11) is 0. The number of benzene rings is 1. The quantitative estimate of drug-likeness (QED) is 0.473. The highest BCUT2D eigenvalue weighted by Crippen LogP contribution is 2.35. The van der Waals surface area contributed by atoms with E-state index in [1.54, 1.807) is 6.92 Å². The van der Waals surface area contributed by atoms with Gasteiger partial charge in [-0.2, -0.15) is 4.98 Å². The van der Waals surface area contributed by atoms with Crippen molar-refractivity contribution in [1.82, 2.24) is 9.97 Å². The standard InChI is InChI=1S/C13H11Cl2N3O3/c1-3-11-16-12(15)7(2)13(17-11)21-10-6-8(14)4-5-9(10)18(19)20/h4-6H,3H2,1-2H3. The van der Waals surface area contributed by atoms with Crippen LogP contribution in [0.3, 0.4) is 0 Å². The molecule has 1 aromatic heterocycles. The Bertz CT molecular complexity index is 707. The molecule has 0 spiro atoms. The van der Waals surface area contributed by atoms with Crippen LogP contribution in [0.2, 0.25) is 10.2 Å². The topological polar surface area (TPSA) is 78.2 Å². The van der Waals surface area contributed by atoms with Crippen molar-refractivity contribution in [2.45, 2.75) is 20.3 Å². The first-order chi connectivity index (χ1) is 9.92. The Labute approximate surface area is 130 Å². The molecule has 0 N–H and O–H groups in total. The van der Waals surface area contributed by atoms with Gasteiger partial charge in [0.1, 0.15) is 11.0 Å². The summed E-state index contributed by atoms with van der Waals surface area (Å²) in [4.78, 5) is 18.7. The van der Waals surface area contributed by atoms with E-state index in [4.69, 9.17) is 27.9 Å². The van der Waals surface area contributed by atoms with Crippen molar-refractivity contribution in [3.05, 3.63) is 49.9 Å². The van der Waals surface area contributed by atoms with Gasteiger partial charge < -0.3 is 4.74 Å². The van der Waals surface area contributed by atoms with E-state index in [-0.39, 0.29) is 22.5 Å². The lowest BCUT2D eigenvalue weighted by molar-refractivity contribution is -0.385. The van der Waals surface area contributed by atoms with Gasteiger partial charge in [-0.1, -0.05) is 30.1 Å². The molecule has 1 aromatic carbocycles. The molecule has 0 saturated heterocycles. The molecule has 1 heterocycles. The SMILES string of the molecule is CCc1nc(Cl)c(C)c(Oc2cc(Cl)ccc2[N+](=O)[O-])n1. The van der Waals surface area contributed by atoms with E-state index in [1.165, 1.54) is 18.2 Å². The molecular formula is C13H11Cl2N3O3. The van der Waals surface area contributed by atoms with Crippen LogP contribution in [0.15, 0.2) is 18.2 Å². The minimum absolute atomic E-state index is 0.00687. The molecule has 0 bridgehead atoms. The van der Waals surface area contributed by atoms with Gasteiger partial charge in [0.2, 0.25) is 11.6 Å². The molecule has 2 rings (SSSR count). The Morgan fingerprint density at radius 2 is 2.05 bits per heavy atom. The van der Waals surface area contributed by atoms with Crippen LogP contribution >= 0.6 is 23.2 Å². The summed E-state index contributed by atoms with van der Waals surface area (Å²) in [5.74, 6) is 0.676. The van der Waals surface area contributed by atoms with Crippen LogP contribution in [-0.4, -0.2) is 14.9 Å². The van der Waals surface area contributed by atoms with Crippen molar-refractivity contribution in [3.63, 3.8) is 0 Å². The van der Waals surface area contributed by atoms with Gasteiger partial charge in [0, 0.05) is 29.1 Å². The molecule has 0 amide bonds. The highest BCUT2D eigenvalue weighted by Gasteiger charge is 2.19. The van der Waals surface area contributed by atoms with Gasteiger partial charge in [-0.05, 0) is 13.0 Å². The van der Waals surface area contributed by atoms with Gasteiger partial charge in [-0.3, -0.25) is 10.1 Å². The number of hydrogen-bond acceptors (Lipinski definition) is 5. The second kappa shape index (κ2) is 6.24. The zero-order valence-electron chi connectivity index (χ0n) is 11.3. The number of aromatic nitrogens is 2. The van der Waals surface area contributed by atoms with E-state index in [1.807, 2.05) is 6.92 Å². The van der Waals surface area contributed by atoms with E-state index in [9.17, 15) is 10.1 Å². The number of nitro benzene ring substituents is 1. The van der Waals surface area contributed by atoms with Crippen LogP contribution in [-0.2, 0) is 6.42 Å².